The maximum atomic E-state index is 12.5. The van der Waals surface area contributed by atoms with Gasteiger partial charge in [-0.2, -0.15) is 0 Å². The smallest absolute Gasteiger partial charge is 0.181 e. The standard InChI is InChI=1S/C21H20NO2S/c1-17-9-11-20(12-10-17)25(24)16-21(23)19-8-5-13-22(15-19)14-18-6-3-2-4-7-18/h2-13,15H,14,16H2,1H3/q+1/t25-/m1/s1. The third-order valence-electron chi connectivity index (χ3n) is 3.93. The van der Waals surface area contributed by atoms with E-state index < -0.39 is 10.8 Å². The van der Waals surface area contributed by atoms with Crippen molar-refractivity contribution in [3.05, 3.63) is 95.8 Å². The Bertz CT molecular complexity index is 889. The van der Waals surface area contributed by atoms with Crippen molar-refractivity contribution in [2.75, 3.05) is 5.75 Å². The number of pyridine rings is 1. The molecule has 0 bridgehead atoms. The second kappa shape index (κ2) is 7.99. The van der Waals surface area contributed by atoms with E-state index in [4.69, 9.17) is 0 Å². The van der Waals surface area contributed by atoms with Gasteiger partial charge in [0.25, 0.3) is 0 Å². The van der Waals surface area contributed by atoms with Gasteiger partial charge in [-0.25, -0.2) is 4.57 Å². The molecule has 0 radical (unpaired) electrons. The lowest BCUT2D eigenvalue weighted by Crippen LogP contribution is -2.34. The summed E-state index contributed by atoms with van der Waals surface area (Å²) in [7, 11) is -1.33. The molecular weight excluding hydrogens is 330 g/mol. The zero-order valence-corrected chi connectivity index (χ0v) is 14.9. The fourth-order valence-electron chi connectivity index (χ4n) is 2.56. The predicted octanol–water partition coefficient (Wildman–Crippen LogP) is 3.32. The van der Waals surface area contributed by atoms with Gasteiger partial charge in [-0.3, -0.25) is 9.00 Å². The van der Waals surface area contributed by atoms with E-state index in [-0.39, 0.29) is 11.5 Å². The van der Waals surface area contributed by atoms with E-state index in [9.17, 15) is 9.00 Å². The van der Waals surface area contributed by atoms with Crippen LogP contribution in [0.5, 0.6) is 0 Å². The number of Topliss-reactive ketones (excluding diaryl/α,β-unsaturated/α-hetero) is 1. The highest BCUT2D eigenvalue weighted by Crippen LogP contribution is 2.10. The van der Waals surface area contributed by atoms with Gasteiger partial charge in [-0.15, -0.1) is 0 Å². The van der Waals surface area contributed by atoms with Gasteiger partial charge in [-0.1, -0.05) is 48.0 Å². The summed E-state index contributed by atoms with van der Waals surface area (Å²) < 4.78 is 14.4. The molecule has 3 aromatic rings. The highest BCUT2D eigenvalue weighted by atomic mass is 32.2. The minimum atomic E-state index is -1.33. The first kappa shape index (κ1) is 17.2. The molecule has 4 heteroatoms. The molecule has 0 spiro atoms. The van der Waals surface area contributed by atoms with Crippen LogP contribution in [-0.2, 0) is 17.3 Å². The molecule has 1 atom stereocenters. The summed E-state index contributed by atoms with van der Waals surface area (Å²) in [6.45, 7) is 2.68. The average Bonchev–Trinajstić information content (AvgIpc) is 2.63. The Labute approximate surface area is 150 Å². The molecule has 3 rings (SSSR count). The molecule has 0 unspecified atom stereocenters. The summed E-state index contributed by atoms with van der Waals surface area (Å²) in [6, 6.07) is 21.2. The van der Waals surface area contributed by atoms with Crippen molar-refractivity contribution in [3.63, 3.8) is 0 Å². The van der Waals surface area contributed by atoms with Gasteiger partial charge in [-0.05, 0) is 25.1 Å². The van der Waals surface area contributed by atoms with E-state index in [1.165, 1.54) is 5.56 Å². The van der Waals surface area contributed by atoms with Crippen LogP contribution in [0.2, 0.25) is 0 Å². The number of hydrogen-bond donors (Lipinski definition) is 0. The molecule has 0 aliphatic heterocycles. The van der Waals surface area contributed by atoms with Crippen LogP contribution in [-0.4, -0.2) is 15.7 Å². The Morgan fingerprint density at radius 3 is 2.40 bits per heavy atom. The number of carbonyl (C=O) groups is 1. The minimum Gasteiger partial charge on any atom is -0.293 e. The number of aromatic nitrogens is 1. The highest BCUT2D eigenvalue weighted by Gasteiger charge is 2.15. The minimum absolute atomic E-state index is 0.00158. The molecular formula is C21H20NO2S+. The molecule has 126 valence electrons. The van der Waals surface area contributed by atoms with Crippen LogP contribution >= 0.6 is 0 Å². The summed E-state index contributed by atoms with van der Waals surface area (Å²) in [4.78, 5) is 13.2. The fourth-order valence-corrected chi connectivity index (χ4v) is 3.57. The maximum absolute atomic E-state index is 12.5. The van der Waals surface area contributed by atoms with Crippen LogP contribution in [0.1, 0.15) is 21.5 Å². The third-order valence-corrected chi connectivity index (χ3v) is 5.26. The Balaban J connectivity index is 1.71. The predicted molar refractivity (Wildman–Crippen MR) is 99.0 cm³/mol. The van der Waals surface area contributed by atoms with E-state index >= 15 is 0 Å². The average molecular weight is 350 g/mol. The number of rotatable bonds is 6. The van der Waals surface area contributed by atoms with Crippen molar-refractivity contribution in [1.82, 2.24) is 0 Å². The first-order chi connectivity index (χ1) is 12.1. The van der Waals surface area contributed by atoms with Gasteiger partial charge in [0.05, 0.1) is 22.1 Å². The van der Waals surface area contributed by atoms with E-state index in [0.717, 1.165) is 5.56 Å². The number of nitrogens with zero attached hydrogens (tertiary/aromatic N) is 1. The number of aryl methyl sites for hydroxylation is 1. The van der Waals surface area contributed by atoms with Crippen LogP contribution in [0.3, 0.4) is 0 Å². The quantitative estimate of drug-likeness (QED) is 0.505. The van der Waals surface area contributed by atoms with Crippen molar-refractivity contribution in [3.8, 4) is 0 Å². The Hall–Kier alpha value is -2.59. The fraction of sp³-hybridized carbons (Fsp3) is 0.143. The van der Waals surface area contributed by atoms with Gasteiger partial charge in [0.15, 0.2) is 24.7 Å². The molecule has 0 N–H and O–H groups in total. The normalized spacial score (nSPS) is 11.9. The van der Waals surface area contributed by atoms with E-state index in [1.54, 1.807) is 6.07 Å². The lowest BCUT2D eigenvalue weighted by molar-refractivity contribution is -0.688. The van der Waals surface area contributed by atoms with Gasteiger partial charge >= 0.3 is 0 Å². The van der Waals surface area contributed by atoms with Crippen molar-refractivity contribution in [1.29, 1.82) is 0 Å². The van der Waals surface area contributed by atoms with Crippen LogP contribution in [0.25, 0.3) is 0 Å². The zero-order valence-electron chi connectivity index (χ0n) is 14.1. The molecule has 1 heterocycles. The van der Waals surface area contributed by atoms with E-state index in [1.807, 2.05) is 84.5 Å². The summed E-state index contributed by atoms with van der Waals surface area (Å²) in [5.41, 5.74) is 2.86. The van der Waals surface area contributed by atoms with Crippen LogP contribution in [0.15, 0.2) is 84.0 Å². The molecule has 0 fully saturated rings. The van der Waals surface area contributed by atoms with E-state index in [2.05, 4.69) is 0 Å². The summed E-state index contributed by atoms with van der Waals surface area (Å²) in [5, 5.41) is 0. The monoisotopic (exact) mass is 350 g/mol. The summed E-state index contributed by atoms with van der Waals surface area (Å²) in [6.07, 6.45) is 3.75. The molecule has 0 amide bonds. The largest absolute Gasteiger partial charge is 0.293 e. The number of hydrogen-bond acceptors (Lipinski definition) is 2. The lowest BCUT2D eigenvalue weighted by Gasteiger charge is -2.03. The number of ketones is 1. The molecule has 0 saturated carbocycles. The molecule has 0 saturated heterocycles. The van der Waals surface area contributed by atoms with Crippen molar-refractivity contribution >= 4 is 16.6 Å². The van der Waals surface area contributed by atoms with Crippen LogP contribution in [0.4, 0.5) is 0 Å². The third kappa shape index (κ3) is 4.70. The molecule has 25 heavy (non-hydrogen) atoms. The second-order valence-corrected chi connectivity index (χ2v) is 7.43. The summed E-state index contributed by atoms with van der Waals surface area (Å²) in [5.74, 6) is -0.111. The topological polar surface area (TPSA) is 38.0 Å². The Kier molecular flexibility index (Phi) is 5.51. The zero-order chi connectivity index (χ0) is 17.6. The number of benzene rings is 2. The highest BCUT2D eigenvalue weighted by molar-refractivity contribution is 7.85. The Morgan fingerprint density at radius 1 is 0.960 bits per heavy atom. The Morgan fingerprint density at radius 2 is 1.68 bits per heavy atom. The van der Waals surface area contributed by atoms with Gasteiger partial charge < -0.3 is 0 Å². The molecule has 2 aromatic carbocycles. The van der Waals surface area contributed by atoms with Gasteiger partial charge in [0.1, 0.15) is 0 Å². The van der Waals surface area contributed by atoms with Crippen LogP contribution in [0, 0.1) is 6.92 Å². The number of carbonyl (C=O) groups excluding carboxylic acids is 1. The SMILES string of the molecule is Cc1ccc([S@](=O)CC(=O)c2ccc[n+](Cc3ccccc3)c2)cc1. The first-order valence-electron chi connectivity index (χ1n) is 8.13. The molecule has 0 aliphatic rings. The van der Waals surface area contributed by atoms with Crippen molar-refractivity contribution in [2.45, 2.75) is 18.4 Å². The van der Waals surface area contributed by atoms with Gasteiger partial charge in [0.2, 0.25) is 0 Å². The van der Waals surface area contributed by atoms with Crippen molar-refractivity contribution < 1.29 is 13.6 Å². The molecule has 3 nitrogen and oxygen atoms in total. The van der Waals surface area contributed by atoms with E-state index in [0.29, 0.717) is 17.0 Å². The second-order valence-electron chi connectivity index (χ2n) is 5.98. The molecule has 0 aliphatic carbocycles. The molecule has 1 aromatic heterocycles. The summed E-state index contributed by atoms with van der Waals surface area (Å²) >= 11 is 0. The van der Waals surface area contributed by atoms with Crippen molar-refractivity contribution in [2.24, 2.45) is 0 Å². The van der Waals surface area contributed by atoms with Crippen LogP contribution < -0.4 is 4.57 Å². The maximum Gasteiger partial charge on any atom is 0.181 e. The van der Waals surface area contributed by atoms with Gasteiger partial charge in [0, 0.05) is 16.5 Å². The first-order valence-corrected chi connectivity index (χ1v) is 9.45. The lowest BCUT2D eigenvalue weighted by atomic mass is 10.2.